The minimum atomic E-state index is -0.365. The molecular weight excluding hydrogens is 192 g/mol. The van der Waals surface area contributed by atoms with Crippen LogP contribution in [-0.4, -0.2) is 25.3 Å². The van der Waals surface area contributed by atoms with Gasteiger partial charge in [0, 0.05) is 17.8 Å². The summed E-state index contributed by atoms with van der Waals surface area (Å²) < 4.78 is 0. The van der Waals surface area contributed by atoms with Crippen LogP contribution in [0.1, 0.15) is 17.3 Å². The molecular formula is C11H14N2O2. The summed E-state index contributed by atoms with van der Waals surface area (Å²) in [5.41, 5.74) is 6.64. The molecule has 0 spiro atoms. The van der Waals surface area contributed by atoms with Crippen molar-refractivity contribution in [2.24, 2.45) is 5.73 Å². The van der Waals surface area contributed by atoms with Crippen molar-refractivity contribution in [1.82, 2.24) is 0 Å². The molecule has 0 bridgehead atoms. The number of hydrogen-bond acceptors (Lipinski definition) is 3. The molecule has 80 valence electrons. The first-order chi connectivity index (χ1) is 7.17. The van der Waals surface area contributed by atoms with Crippen LogP contribution in [0.2, 0.25) is 0 Å². The summed E-state index contributed by atoms with van der Waals surface area (Å²) in [5.74, 6) is -0.365. The molecule has 0 aromatic heterocycles. The fourth-order valence-corrected chi connectivity index (χ4v) is 1.34. The standard InChI is InChI=1S/C11H14N2O2/c1-2-13(7-11(12)15)10-5-3-9(8-14)4-6-10/h3-6,8H,2,7H2,1H3,(H2,12,15). The second-order valence-electron chi connectivity index (χ2n) is 3.19. The van der Waals surface area contributed by atoms with Crippen molar-refractivity contribution >= 4 is 17.9 Å². The van der Waals surface area contributed by atoms with Crippen LogP contribution in [-0.2, 0) is 4.79 Å². The summed E-state index contributed by atoms with van der Waals surface area (Å²) in [4.78, 5) is 23.1. The van der Waals surface area contributed by atoms with E-state index in [1.165, 1.54) is 0 Å². The van der Waals surface area contributed by atoms with E-state index in [-0.39, 0.29) is 12.5 Å². The highest BCUT2D eigenvalue weighted by molar-refractivity contribution is 5.80. The molecule has 0 saturated heterocycles. The van der Waals surface area contributed by atoms with E-state index >= 15 is 0 Å². The lowest BCUT2D eigenvalue weighted by molar-refractivity contribution is -0.116. The van der Waals surface area contributed by atoms with E-state index in [1.807, 2.05) is 11.8 Å². The van der Waals surface area contributed by atoms with Crippen molar-refractivity contribution in [3.63, 3.8) is 0 Å². The van der Waals surface area contributed by atoms with Crippen LogP contribution < -0.4 is 10.6 Å². The third-order valence-electron chi connectivity index (χ3n) is 2.12. The van der Waals surface area contributed by atoms with E-state index in [0.29, 0.717) is 12.1 Å². The van der Waals surface area contributed by atoms with Gasteiger partial charge >= 0.3 is 0 Å². The Morgan fingerprint density at radius 2 is 2.00 bits per heavy atom. The number of carbonyl (C=O) groups excluding carboxylic acids is 2. The Hall–Kier alpha value is -1.84. The van der Waals surface area contributed by atoms with Gasteiger partial charge in [-0.25, -0.2) is 0 Å². The van der Waals surface area contributed by atoms with Crippen LogP contribution in [0.4, 0.5) is 5.69 Å². The summed E-state index contributed by atoms with van der Waals surface area (Å²) in [5, 5.41) is 0. The molecule has 1 aromatic carbocycles. The predicted octanol–water partition coefficient (Wildman–Crippen LogP) is 0.811. The molecule has 0 heterocycles. The van der Waals surface area contributed by atoms with Gasteiger partial charge < -0.3 is 10.6 Å². The van der Waals surface area contributed by atoms with Crippen LogP contribution in [0.25, 0.3) is 0 Å². The molecule has 1 amide bonds. The minimum Gasteiger partial charge on any atom is -0.368 e. The number of benzene rings is 1. The summed E-state index contributed by atoms with van der Waals surface area (Å²) in [6.45, 7) is 2.83. The van der Waals surface area contributed by atoms with Gasteiger partial charge in [0.1, 0.15) is 6.29 Å². The number of amides is 1. The molecule has 0 saturated carbocycles. The topological polar surface area (TPSA) is 63.4 Å². The van der Waals surface area contributed by atoms with E-state index < -0.39 is 0 Å². The zero-order valence-corrected chi connectivity index (χ0v) is 8.64. The molecule has 4 heteroatoms. The number of nitrogens with zero attached hydrogens (tertiary/aromatic N) is 1. The number of rotatable bonds is 5. The maximum Gasteiger partial charge on any atom is 0.236 e. The van der Waals surface area contributed by atoms with Gasteiger partial charge in [-0.2, -0.15) is 0 Å². The van der Waals surface area contributed by atoms with Gasteiger partial charge in [0.15, 0.2) is 0 Å². The van der Waals surface area contributed by atoms with Crippen LogP contribution in [0.3, 0.4) is 0 Å². The zero-order chi connectivity index (χ0) is 11.3. The largest absolute Gasteiger partial charge is 0.368 e. The van der Waals surface area contributed by atoms with Gasteiger partial charge in [-0.3, -0.25) is 9.59 Å². The first kappa shape index (κ1) is 11.2. The van der Waals surface area contributed by atoms with Crippen LogP contribution in [0.5, 0.6) is 0 Å². The third kappa shape index (κ3) is 3.09. The van der Waals surface area contributed by atoms with Gasteiger partial charge in [0.2, 0.25) is 5.91 Å². The van der Waals surface area contributed by atoms with E-state index in [1.54, 1.807) is 24.3 Å². The maximum absolute atomic E-state index is 10.8. The van der Waals surface area contributed by atoms with Crippen molar-refractivity contribution in [3.05, 3.63) is 29.8 Å². The highest BCUT2D eigenvalue weighted by Crippen LogP contribution is 2.13. The molecule has 0 atom stereocenters. The van der Waals surface area contributed by atoms with Gasteiger partial charge in [0.05, 0.1) is 6.54 Å². The molecule has 0 radical (unpaired) electrons. The molecule has 1 rings (SSSR count). The van der Waals surface area contributed by atoms with Crippen molar-refractivity contribution < 1.29 is 9.59 Å². The number of carbonyl (C=O) groups is 2. The number of nitrogens with two attached hydrogens (primary N) is 1. The Kier molecular flexibility index (Phi) is 3.85. The Balaban J connectivity index is 2.82. The first-order valence-electron chi connectivity index (χ1n) is 4.76. The fraction of sp³-hybridized carbons (Fsp3) is 0.273. The summed E-state index contributed by atoms with van der Waals surface area (Å²) in [7, 11) is 0. The molecule has 4 nitrogen and oxygen atoms in total. The number of anilines is 1. The smallest absolute Gasteiger partial charge is 0.236 e. The normalized spacial score (nSPS) is 9.67. The van der Waals surface area contributed by atoms with Gasteiger partial charge in [-0.1, -0.05) is 0 Å². The summed E-state index contributed by atoms with van der Waals surface area (Å²) in [6, 6.07) is 7.03. The van der Waals surface area contributed by atoms with Crippen molar-refractivity contribution in [3.8, 4) is 0 Å². The quantitative estimate of drug-likeness (QED) is 0.725. The zero-order valence-electron chi connectivity index (χ0n) is 8.64. The van der Waals surface area contributed by atoms with Crippen LogP contribution in [0, 0.1) is 0 Å². The molecule has 0 aliphatic heterocycles. The molecule has 1 aromatic rings. The molecule has 0 unspecified atom stereocenters. The van der Waals surface area contributed by atoms with Gasteiger partial charge in [-0.15, -0.1) is 0 Å². The fourth-order valence-electron chi connectivity index (χ4n) is 1.34. The van der Waals surface area contributed by atoms with Crippen LogP contribution in [0.15, 0.2) is 24.3 Å². The van der Waals surface area contributed by atoms with E-state index in [0.717, 1.165) is 12.0 Å². The van der Waals surface area contributed by atoms with Crippen molar-refractivity contribution in [1.29, 1.82) is 0 Å². The number of aldehydes is 1. The predicted molar refractivity (Wildman–Crippen MR) is 58.9 cm³/mol. The molecule has 15 heavy (non-hydrogen) atoms. The molecule has 0 aliphatic rings. The highest BCUT2D eigenvalue weighted by Gasteiger charge is 2.06. The molecule has 0 fully saturated rings. The lowest BCUT2D eigenvalue weighted by Gasteiger charge is -2.21. The number of primary amides is 1. The monoisotopic (exact) mass is 206 g/mol. The highest BCUT2D eigenvalue weighted by atomic mass is 16.1. The lowest BCUT2D eigenvalue weighted by atomic mass is 10.2. The van der Waals surface area contributed by atoms with E-state index in [2.05, 4.69) is 0 Å². The average Bonchev–Trinajstić information content (AvgIpc) is 2.26. The van der Waals surface area contributed by atoms with Gasteiger partial charge in [-0.05, 0) is 31.2 Å². The minimum absolute atomic E-state index is 0.191. The summed E-state index contributed by atoms with van der Waals surface area (Å²) >= 11 is 0. The van der Waals surface area contributed by atoms with Crippen molar-refractivity contribution in [2.45, 2.75) is 6.92 Å². The second-order valence-corrected chi connectivity index (χ2v) is 3.19. The Bertz CT molecular complexity index is 346. The second kappa shape index (κ2) is 5.14. The number of likely N-dealkylation sites (N-methyl/N-ethyl adjacent to an activating group) is 1. The molecule has 2 N–H and O–H groups in total. The van der Waals surface area contributed by atoms with Crippen LogP contribution >= 0.6 is 0 Å². The van der Waals surface area contributed by atoms with Gasteiger partial charge in [0.25, 0.3) is 0 Å². The average molecular weight is 206 g/mol. The Morgan fingerprint density at radius 3 is 2.40 bits per heavy atom. The third-order valence-corrected chi connectivity index (χ3v) is 2.12. The SMILES string of the molecule is CCN(CC(N)=O)c1ccc(C=O)cc1. The first-order valence-corrected chi connectivity index (χ1v) is 4.76. The van der Waals surface area contributed by atoms with E-state index in [9.17, 15) is 9.59 Å². The Morgan fingerprint density at radius 1 is 1.40 bits per heavy atom. The van der Waals surface area contributed by atoms with E-state index in [4.69, 9.17) is 5.73 Å². The lowest BCUT2D eigenvalue weighted by Crippen LogP contribution is -2.33. The summed E-state index contributed by atoms with van der Waals surface area (Å²) in [6.07, 6.45) is 0.786. The molecule has 0 aliphatic carbocycles. The Labute approximate surface area is 88.7 Å². The number of hydrogen-bond donors (Lipinski definition) is 1. The maximum atomic E-state index is 10.8. The van der Waals surface area contributed by atoms with Crippen molar-refractivity contribution in [2.75, 3.05) is 18.0 Å².